The maximum absolute atomic E-state index is 14.1. The summed E-state index contributed by atoms with van der Waals surface area (Å²) in [6.45, 7) is 1.83. The van der Waals surface area contributed by atoms with Crippen LogP contribution in [-0.4, -0.2) is 5.11 Å². The summed E-state index contributed by atoms with van der Waals surface area (Å²) in [6, 6.07) is 8.22. The van der Waals surface area contributed by atoms with Gasteiger partial charge in [0.1, 0.15) is 11.9 Å². The molecule has 0 saturated heterocycles. The fraction of sp³-hybridized carbons (Fsp3) is 0.143. The summed E-state index contributed by atoms with van der Waals surface area (Å²) in [5, 5.41) is 10.8. The number of rotatable bonds is 2. The van der Waals surface area contributed by atoms with Gasteiger partial charge in [-0.2, -0.15) is 0 Å². The van der Waals surface area contributed by atoms with Crippen LogP contribution in [-0.2, 0) is 0 Å². The van der Waals surface area contributed by atoms with Crippen molar-refractivity contribution in [3.63, 3.8) is 0 Å². The normalized spacial score (nSPS) is 12.5. The molecule has 0 bridgehead atoms. The van der Waals surface area contributed by atoms with Crippen LogP contribution in [0.3, 0.4) is 0 Å². The Bertz CT molecular complexity index is 631. The lowest BCUT2D eigenvalue weighted by Crippen LogP contribution is -2.05. The van der Waals surface area contributed by atoms with Gasteiger partial charge in [0.15, 0.2) is 0 Å². The number of aliphatic hydroxyl groups excluding tert-OH is 1. The van der Waals surface area contributed by atoms with Crippen LogP contribution in [0.5, 0.6) is 0 Å². The average molecular weight is 364 g/mol. The van der Waals surface area contributed by atoms with Gasteiger partial charge in [0.25, 0.3) is 0 Å². The van der Waals surface area contributed by atoms with Crippen molar-refractivity contribution in [2.45, 2.75) is 13.0 Å². The molecule has 100 valence electrons. The predicted octanol–water partition coefficient (Wildman–Crippen LogP) is 5.29. The molecular formula is C14H10BrCl2FO. The van der Waals surface area contributed by atoms with Gasteiger partial charge in [0.05, 0.1) is 5.02 Å². The van der Waals surface area contributed by atoms with Crippen LogP contribution in [0.2, 0.25) is 10.0 Å². The van der Waals surface area contributed by atoms with Crippen LogP contribution >= 0.6 is 39.1 Å². The SMILES string of the molecule is Cc1ccc(Cl)cc1C(O)c1ccc(Br)c(Cl)c1F. The van der Waals surface area contributed by atoms with Gasteiger partial charge in [-0.05, 0) is 52.2 Å². The van der Waals surface area contributed by atoms with E-state index in [-0.39, 0.29) is 10.6 Å². The number of hydrogen-bond donors (Lipinski definition) is 1. The predicted molar refractivity (Wildman–Crippen MR) is 79.4 cm³/mol. The molecule has 0 fully saturated rings. The second kappa shape index (κ2) is 5.80. The van der Waals surface area contributed by atoms with Crippen molar-refractivity contribution in [2.24, 2.45) is 0 Å². The van der Waals surface area contributed by atoms with Gasteiger partial charge in [-0.3, -0.25) is 0 Å². The Morgan fingerprint density at radius 3 is 2.53 bits per heavy atom. The lowest BCUT2D eigenvalue weighted by molar-refractivity contribution is 0.214. The van der Waals surface area contributed by atoms with E-state index in [4.69, 9.17) is 23.2 Å². The molecule has 0 aliphatic rings. The van der Waals surface area contributed by atoms with Crippen molar-refractivity contribution in [3.8, 4) is 0 Å². The zero-order valence-corrected chi connectivity index (χ0v) is 13.0. The summed E-state index contributed by atoms with van der Waals surface area (Å²) < 4.78 is 14.5. The zero-order valence-electron chi connectivity index (χ0n) is 9.92. The van der Waals surface area contributed by atoms with E-state index in [2.05, 4.69) is 15.9 Å². The summed E-state index contributed by atoms with van der Waals surface area (Å²) >= 11 is 14.9. The lowest BCUT2D eigenvalue weighted by atomic mass is 9.97. The van der Waals surface area contributed by atoms with Crippen LogP contribution in [0.25, 0.3) is 0 Å². The molecule has 1 N–H and O–H groups in total. The second-order valence-corrected chi connectivity index (χ2v) is 5.84. The summed E-state index contributed by atoms with van der Waals surface area (Å²) in [5.74, 6) is -0.636. The zero-order chi connectivity index (χ0) is 14.2. The highest BCUT2D eigenvalue weighted by Crippen LogP contribution is 2.34. The van der Waals surface area contributed by atoms with Gasteiger partial charge in [-0.15, -0.1) is 0 Å². The third kappa shape index (κ3) is 2.95. The smallest absolute Gasteiger partial charge is 0.149 e. The maximum Gasteiger partial charge on any atom is 0.149 e. The average Bonchev–Trinajstić information content (AvgIpc) is 2.38. The molecule has 0 heterocycles. The standard InChI is InChI=1S/C14H10BrCl2FO/c1-7-2-3-8(16)6-10(7)14(19)9-4-5-11(15)12(17)13(9)18/h2-6,14,19H,1H3. The Kier molecular flexibility index (Phi) is 4.51. The van der Waals surface area contributed by atoms with E-state index in [1.165, 1.54) is 6.07 Å². The van der Waals surface area contributed by atoms with Crippen molar-refractivity contribution in [1.82, 2.24) is 0 Å². The Balaban J connectivity index is 2.53. The minimum absolute atomic E-state index is 0.0452. The van der Waals surface area contributed by atoms with Crippen molar-refractivity contribution < 1.29 is 9.50 Å². The summed E-state index contributed by atoms with van der Waals surface area (Å²) in [5.41, 5.74) is 1.51. The van der Waals surface area contributed by atoms with E-state index in [0.29, 0.717) is 15.1 Å². The van der Waals surface area contributed by atoms with E-state index < -0.39 is 11.9 Å². The molecule has 1 unspecified atom stereocenters. The number of halogens is 4. The number of benzene rings is 2. The quantitative estimate of drug-likeness (QED) is 0.719. The largest absolute Gasteiger partial charge is 0.384 e. The third-order valence-electron chi connectivity index (χ3n) is 2.90. The first-order valence-electron chi connectivity index (χ1n) is 5.49. The third-order valence-corrected chi connectivity index (χ3v) is 4.39. The molecule has 0 amide bonds. The first-order valence-corrected chi connectivity index (χ1v) is 7.04. The van der Waals surface area contributed by atoms with Crippen LogP contribution in [0.1, 0.15) is 22.8 Å². The van der Waals surface area contributed by atoms with Crippen LogP contribution in [0.4, 0.5) is 4.39 Å². The molecule has 2 rings (SSSR count). The van der Waals surface area contributed by atoms with Gasteiger partial charge in [0.2, 0.25) is 0 Å². The van der Waals surface area contributed by atoms with Crippen LogP contribution in [0, 0.1) is 12.7 Å². The molecule has 0 aliphatic carbocycles. The van der Waals surface area contributed by atoms with Gasteiger partial charge < -0.3 is 5.11 Å². The second-order valence-electron chi connectivity index (χ2n) is 4.17. The Hall–Kier alpha value is -0.610. The summed E-state index contributed by atoms with van der Waals surface area (Å²) in [4.78, 5) is 0. The molecule has 5 heteroatoms. The topological polar surface area (TPSA) is 20.2 Å². The highest BCUT2D eigenvalue weighted by atomic mass is 79.9. The Labute approximate surface area is 129 Å². The van der Waals surface area contributed by atoms with E-state index in [1.54, 1.807) is 24.3 Å². The molecule has 0 aliphatic heterocycles. The monoisotopic (exact) mass is 362 g/mol. The summed E-state index contributed by atoms with van der Waals surface area (Å²) in [7, 11) is 0. The fourth-order valence-corrected chi connectivity index (χ4v) is 2.48. The van der Waals surface area contributed by atoms with E-state index in [0.717, 1.165) is 5.56 Å². The minimum Gasteiger partial charge on any atom is -0.384 e. The number of aryl methyl sites for hydroxylation is 1. The van der Waals surface area contributed by atoms with Crippen LogP contribution < -0.4 is 0 Å². The highest BCUT2D eigenvalue weighted by Gasteiger charge is 2.20. The molecule has 0 radical (unpaired) electrons. The van der Waals surface area contributed by atoms with Crippen molar-refractivity contribution in [3.05, 3.63) is 67.4 Å². The molecule has 1 atom stereocenters. The van der Waals surface area contributed by atoms with Gasteiger partial charge in [-0.1, -0.05) is 35.3 Å². The van der Waals surface area contributed by atoms with Gasteiger partial charge in [0, 0.05) is 15.1 Å². The molecule has 1 nitrogen and oxygen atoms in total. The Morgan fingerprint density at radius 2 is 1.84 bits per heavy atom. The Morgan fingerprint density at radius 1 is 1.16 bits per heavy atom. The van der Waals surface area contributed by atoms with E-state index in [1.807, 2.05) is 6.92 Å². The maximum atomic E-state index is 14.1. The first-order chi connectivity index (χ1) is 8.91. The molecule has 0 saturated carbocycles. The minimum atomic E-state index is -1.11. The van der Waals surface area contributed by atoms with Crippen LogP contribution in [0.15, 0.2) is 34.8 Å². The van der Waals surface area contributed by atoms with Gasteiger partial charge in [-0.25, -0.2) is 4.39 Å². The highest BCUT2D eigenvalue weighted by molar-refractivity contribution is 9.10. The first kappa shape index (κ1) is 14.8. The van der Waals surface area contributed by atoms with Crippen molar-refractivity contribution >= 4 is 39.1 Å². The van der Waals surface area contributed by atoms with E-state index in [9.17, 15) is 9.50 Å². The van der Waals surface area contributed by atoms with Crippen molar-refractivity contribution in [1.29, 1.82) is 0 Å². The number of aliphatic hydroxyl groups is 1. The molecular weight excluding hydrogens is 354 g/mol. The molecule has 0 aromatic heterocycles. The van der Waals surface area contributed by atoms with E-state index >= 15 is 0 Å². The lowest BCUT2D eigenvalue weighted by Gasteiger charge is -2.16. The van der Waals surface area contributed by atoms with Crippen molar-refractivity contribution in [2.75, 3.05) is 0 Å². The molecule has 2 aromatic rings. The molecule has 19 heavy (non-hydrogen) atoms. The number of hydrogen-bond acceptors (Lipinski definition) is 1. The van der Waals surface area contributed by atoms with Gasteiger partial charge >= 0.3 is 0 Å². The molecule has 0 spiro atoms. The summed E-state index contributed by atoms with van der Waals surface area (Å²) in [6.07, 6.45) is -1.11. The fourth-order valence-electron chi connectivity index (χ4n) is 1.83. The molecule has 2 aromatic carbocycles.